The van der Waals surface area contributed by atoms with Gasteiger partial charge in [-0.25, -0.2) is 9.69 Å². The van der Waals surface area contributed by atoms with Gasteiger partial charge < -0.3 is 11.1 Å². The summed E-state index contributed by atoms with van der Waals surface area (Å²) in [5.74, 6) is -0.140. The molecule has 3 N–H and O–H groups in total. The largest absolute Gasteiger partial charge is 0.334 e. The van der Waals surface area contributed by atoms with E-state index in [1.165, 1.54) is 4.90 Å². The Morgan fingerprint density at radius 2 is 1.95 bits per heavy atom. The number of benzene rings is 1. The summed E-state index contributed by atoms with van der Waals surface area (Å²) in [6, 6.07) is 6.95. The van der Waals surface area contributed by atoms with E-state index in [1.54, 1.807) is 12.1 Å². The summed E-state index contributed by atoms with van der Waals surface area (Å²) in [5, 5.41) is 2.93. The maximum atomic E-state index is 12.4. The van der Waals surface area contributed by atoms with Crippen molar-refractivity contribution in [3.05, 3.63) is 29.8 Å². The molecule has 1 saturated carbocycles. The fraction of sp³-hybridized carbons (Fsp3) is 0.429. The van der Waals surface area contributed by atoms with Crippen LogP contribution in [0.3, 0.4) is 0 Å². The van der Waals surface area contributed by atoms with E-state index in [2.05, 4.69) is 5.32 Å². The second-order valence-electron chi connectivity index (χ2n) is 5.14. The maximum Gasteiger partial charge on any atom is 0.328 e. The van der Waals surface area contributed by atoms with E-state index in [1.807, 2.05) is 12.1 Å². The molecule has 1 heterocycles. The van der Waals surface area contributed by atoms with Crippen LogP contribution < -0.4 is 16.0 Å². The number of hydrogen-bond donors (Lipinski definition) is 2. The van der Waals surface area contributed by atoms with Crippen molar-refractivity contribution in [1.82, 2.24) is 5.32 Å². The number of carbonyl (C=O) groups excluding carboxylic acids is 2. The quantitative estimate of drug-likeness (QED) is 0.842. The highest BCUT2D eigenvalue weighted by Crippen LogP contribution is 2.32. The number of anilines is 1. The van der Waals surface area contributed by atoms with Crippen LogP contribution in [0.15, 0.2) is 24.3 Å². The maximum absolute atomic E-state index is 12.4. The van der Waals surface area contributed by atoms with Crippen molar-refractivity contribution in [2.75, 3.05) is 4.90 Å². The lowest BCUT2D eigenvalue weighted by Crippen LogP contribution is -2.58. The molecule has 0 aromatic heterocycles. The van der Waals surface area contributed by atoms with Gasteiger partial charge in [0.25, 0.3) is 0 Å². The molecule has 0 bridgehead atoms. The number of rotatable bonds is 2. The van der Waals surface area contributed by atoms with Gasteiger partial charge in [0.15, 0.2) is 0 Å². The van der Waals surface area contributed by atoms with Crippen molar-refractivity contribution in [1.29, 1.82) is 0 Å². The van der Waals surface area contributed by atoms with Gasteiger partial charge in [-0.1, -0.05) is 18.6 Å². The van der Waals surface area contributed by atoms with Crippen LogP contribution in [0.4, 0.5) is 10.5 Å². The number of nitrogens with one attached hydrogen (secondary N) is 1. The molecule has 1 aliphatic heterocycles. The van der Waals surface area contributed by atoms with Crippen molar-refractivity contribution in [2.24, 2.45) is 11.7 Å². The topological polar surface area (TPSA) is 75.4 Å². The zero-order chi connectivity index (χ0) is 13.4. The highest BCUT2D eigenvalue weighted by atomic mass is 16.2. The Bertz CT molecular complexity index is 512. The number of nitrogens with two attached hydrogens (primary N) is 1. The van der Waals surface area contributed by atoms with E-state index >= 15 is 0 Å². The first-order valence-corrected chi connectivity index (χ1v) is 6.64. The van der Waals surface area contributed by atoms with E-state index < -0.39 is 0 Å². The highest BCUT2D eigenvalue weighted by molar-refractivity contribution is 6.17. The zero-order valence-corrected chi connectivity index (χ0v) is 10.6. The number of fused-ring (bicyclic) bond motifs is 1. The molecule has 3 amide bonds. The van der Waals surface area contributed by atoms with E-state index in [0.29, 0.717) is 12.2 Å². The number of imide groups is 1. The van der Waals surface area contributed by atoms with Gasteiger partial charge in [-0.3, -0.25) is 4.79 Å². The number of carbonyl (C=O) groups is 2. The highest BCUT2D eigenvalue weighted by Gasteiger charge is 2.43. The standard InChI is InChI=1S/C14H17N3O2/c15-8-9-4-6-10(7-5-9)17-13(18)11-2-1-3-12(11)16-14(17)19/h4-7,11-12H,1-3,8,15H2,(H,16,19). The molecular formula is C14H17N3O2. The van der Waals surface area contributed by atoms with Crippen LogP contribution in [-0.4, -0.2) is 18.0 Å². The van der Waals surface area contributed by atoms with Crippen LogP contribution in [0.1, 0.15) is 24.8 Å². The van der Waals surface area contributed by atoms with E-state index in [4.69, 9.17) is 5.73 Å². The lowest BCUT2D eigenvalue weighted by atomic mass is 9.99. The third-order valence-corrected chi connectivity index (χ3v) is 4.00. The molecule has 5 nitrogen and oxygen atoms in total. The average molecular weight is 259 g/mol. The molecule has 2 unspecified atom stereocenters. The summed E-state index contributed by atoms with van der Waals surface area (Å²) in [6.07, 6.45) is 2.77. The molecular weight excluding hydrogens is 242 g/mol. The van der Waals surface area contributed by atoms with E-state index in [9.17, 15) is 9.59 Å². The third kappa shape index (κ3) is 2.00. The van der Waals surface area contributed by atoms with Gasteiger partial charge in [0, 0.05) is 12.6 Å². The molecule has 2 fully saturated rings. The summed E-state index contributed by atoms with van der Waals surface area (Å²) < 4.78 is 0. The minimum Gasteiger partial charge on any atom is -0.334 e. The molecule has 0 radical (unpaired) electrons. The van der Waals surface area contributed by atoms with Crippen LogP contribution in [0, 0.1) is 5.92 Å². The first-order valence-electron chi connectivity index (χ1n) is 6.64. The van der Waals surface area contributed by atoms with Crippen LogP contribution >= 0.6 is 0 Å². The molecule has 2 atom stereocenters. The van der Waals surface area contributed by atoms with Crippen LogP contribution in [0.5, 0.6) is 0 Å². The van der Waals surface area contributed by atoms with Gasteiger partial charge in [-0.05, 0) is 30.5 Å². The Morgan fingerprint density at radius 1 is 1.21 bits per heavy atom. The predicted molar refractivity (Wildman–Crippen MR) is 71.5 cm³/mol. The summed E-state index contributed by atoms with van der Waals surface area (Å²) in [4.78, 5) is 25.7. The molecule has 19 heavy (non-hydrogen) atoms. The first-order chi connectivity index (χ1) is 9.20. The summed E-state index contributed by atoms with van der Waals surface area (Å²) >= 11 is 0. The molecule has 1 aromatic carbocycles. The van der Waals surface area contributed by atoms with Gasteiger partial charge >= 0.3 is 6.03 Å². The second kappa shape index (κ2) is 4.66. The zero-order valence-electron chi connectivity index (χ0n) is 10.6. The van der Waals surface area contributed by atoms with Crippen LogP contribution in [0.2, 0.25) is 0 Å². The van der Waals surface area contributed by atoms with Crippen molar-refractivity contribution < 1.29 is 9.59 Å². The number of amides is 3. The van der Waals surface area contributed by atoms with Gasteiger partial charge in [0.2, 0.25) is 5.91 Å². The van der Waals surface area contributed by atoms with Crippen LogP contribution in [-0.2, 0) is 11.3 Å². The van der Waals surface area contributed by atoms with Gasteiger partial charge in [-0.2, -0.15) is 0 Å². The van der Waals surface area contributed by atoms with Gasteiger partial charge in [0.1, 0.15) is 0 Å². The van der Waals surface area contributed by atoms with Crippen molar-refractivity contribution in [3.63, 3.8) is 0 Å². The molecule has 1 aliphatic carbocycles. The van der Waals surface area contributed by atoms with E-state index in [0.717, 1.165) is 24.8 Å². The summed E-state index contributed by atoms with van der Waals surface area (Å²) in [7, 11) is 0. The second-order valence-corrected chi connectivity index (χ2v) is 5.14. The van der Waals surface area contributed by atoms with Crippen LogP contribution in [0.25, 0.3) is 0 Å². The fourth-order valence-corrected chi connectivity index (χ4v) is 2.94. The summed E-state index contributed by atoms with van der Waals surface area (Å²) in [5.41, 5.74) is 7.14. The minimum absolute atomic E-state index is 0.0274. The normalized spacial score (nSPS) is 26.3. The lowest BCUT2D eigenvalue weighted by Gasteiger charge is -2.33. The van der Waals surface area contributed by atoms with Crippen molar-refractivity contribution in [3.8, 4) is 0 Å². The average Bonchev–Trinajstić information content (AvgIpc) is 2.88. The number of hydrogen-bond acceptors (Lipinski definition) is 3. The van der Waals surface area contributed by atoms with Gasteiger partial charge in [-0.15, -0.1) is 0 Å². The minimum atomic E-state index is -0.311. The lowest BCUT2D eigenvalue weighted by molar-refractivity contribution is -0.122. The monoisotopic (exact) mass is 259 g/mol. The van der Waals surface area contributed by atoms with Crippen molar-refractivity contribution >= 4 is 17.6 Å². The van der Waals surface area contributed by atoms with Crippen molar-refractivity contribution in [2.45, 2.75) is 31.8 Å². The number of nitrogens with zero attached hydrogens (tertiary/aromatic N) is 1. The Morgan fingerprint density at radius 3 is 2.63 bits per heavy atom. The third-order valence-electron chi connectivity index (χ3n) is 4.00. The Labute approximate surface area is 111 Å². The molecule has 1 saturated heterocycles. The van der Waals surface area contributed by atoms with E-state index in [-0.39, 0.29) is 23.9 Å². The Kier molecular flexibility index (Phi) is 2.98. The molecule has 3 rings (SSSR count). The van der Waals surface area contributed by atoms with Gasteiger partial charge in [0.05, 0.1) is 11.6 Å². The predicted octanol–water partition coefficient (Wildman–Crippen LogP) is 1.37. The Hall–Kier alpha value is -1.88. The SMILES string of the molecule is NCc1ccc(N2C(=O)NC3CCCC3C2=O)cc1. The fourth-order valence-electron chi connectivity index (χ4n) is 2.94. The molecule has 1 aromatic rings. The Balaban J connectivity index is 1.89. The summed E-state index contributed by atoms with van der Waals surface area (Å²) in [6.45, 7) is 0.450. The smallest absolute Gasteiger partial charge is 0.328 e. The molecule has 100 valence electrons. The molecule has 5 heteroatoms. The molecule has 0 spiro atoms. The first kappa shape index (κ1) is 12.2. The molecule has 2 aliphatic rings. The number of urea groups is 1.